The molecule has 0 aliphatic heterocycles. The van der Waals surface area contributed by atoms with Gasteiger partial charge in [-0.2, -0.15) is 0 Å². The minimum Gasteiger partial charge on any atom is -0.497 e. The van der Waals surface area contributed by atoms with Crippen molar-refractivity contribution < 1.29 is 4.74 Å². The number of aromatic nitrogens is 1. The molecule has 0 spiro atoms. The van der Waals surface area contributed by atoms with Gasteiger partial charge >= 0.3 is 0 Å². The first-order chi connectivity index (χ1) is 6.83. The fourth-order valence-corrected chi connectivity index (χ4v) is 2.50. The fraction of sp³-hybridized carbons (Fsp3) is 0.100. The third kappa shape index (κ3) is 1.81. The Morgan fingerprint density at radius 2 is 2.36 bits per heavy atom. The van der Waals surface area contributed by atoms with E-state index >= 15 is 0 Å². The predicted octanol–water partition coefficient (Wildman–Crippen LogP) is 3.67. The number of benzene rings is 1. The molecule has 0 amide bonds. The zero-order chi connectivity index (χ0) is 9.97. The number of rotatable bonds is 2. The first-order valence-electron chi connectivity index (χ1n) is 4.05. The summed E-state index contributed by atoms with van der Waals surface area (Å²) in [6.45, 7) is 0. The van der Waals surface area contributed by atoms with Crippen LogP contribution in [0.1, 0.15) is 5.01 Å². The number of hydrogen-bond acceptors (Lipinski definition) is 3. The van der Waals surface area contributed by atoms with Crippen molar-refractivity contribution in [3.8, 4) is 5.75 Å². The number of hydrogen-bond donors (Lipinski definition) is 0. The molecule has 72 valence electrons. The molecular formula is C10H8BrNOS. The molecule has 0 bridgehead atoms. The smallest absolute Gasteiger partial charge is 0.120 e. The molecule has 2 rings (SSSR count). The van der Waals surface area contributed by atoms with Crippen LogP contribution in [0.5, 0.6) is 5.75 Å². The number of fused-ring (bicyclic) bond motifs is 1. The van der Waals surface area contributed by atoms with Crippen LogP contribution in [0.4, 0.5) is 0 Å². The molecule has 14 heavy (non-hydrogen) atoms. The molecule has 0 unspecified atom stereocenters. The lowest BCUT2D eigenvalue weighted by molar-refractivity contribution is 0.415. The van der Waals surface area contributed by atoms with Crippen LogP contribution in [0.15, 0.2) is 23.2 Å². The minimum atomic E-state index is 0.871. The van der Waals surface area contributed by atoms with Crippen molar-refractivity contribution in [3.63, 3.8) is 0 Å². The van der Waals surface area contributed by atoms with Crippen molar-refractivity contribution in [1.29, 1.82) is 0 Å². The Balaban J connectivity index is 2.54. The van der Waals surface area contributed by atoms with Gasteiger partial charge in [-0.15, -0.1) is 11.3 Å². The van der Waals surface area contributed by atoms with E-state index in [2.05, 4.69) is 20.9 Å². The summed E-state index contributed by atoms with van der Waals surface area (Å²) < 4.78 is 6.29. The summed E-state index contributed by atoms with van der Waals surface area (Å²) in [6.07, 6.45) is 1.93. The lowest BCUT2D eigenvalue weighted by atomic mass is 10.3. The normalized spacial score (nSPS) is 11.3. The second-order valence-electron chi connectivity index (χ2n) is 2.68. The van der Waals surface area contributed by atoms with Gasteiger partial charge in [0.1, 0.15) is 10.8 Å². The van der Waals surface area contributed by atoms with Gasteiger partial charge in [0.25, 0.3) is 0 Å². The Bertz CT molecular complexity index is 478. The fourth-order valence-electron chi connectivity index (χ4n) is 1.17. The molecular weight excluding hydrogens is 262 g/mol. The highest BCUT2D eigenvalue weighted by molar-refractivity contribution is 9.11. The van der Waals surface area contributed by atoms with E-state index in [1.807, 2.05) is 29.3 Å². The van der Waals surface area contributed by atoms with Gasteiger partial charge in [0.15, 0.2) is 0 Å². The molecule has 0 saturated carbocycles. The molecule has 1 aromatic heterocycles. The monoisotopic (exact) mass is 269 g/mol. The number of methoxy groups -OCH3 is 1. The summed E-state index contributed by atoms with van der Waals surface area (Å²) in [4.78, 5) is 6.23. The van der Waals surface area contributed by atoms with E-state index in [-0.39, 0.29) is 0 Å². The third-order valence-corrected chi connectivity index (χ3v) is 3.07. The second kappa shape index (κ2) is 4.11. The van der Waals surface area contributed by atoms with Gasteiger partial charge in [-0.3, -0.25) is 0 Å². The van der Waals surface area contributed by atoms with Crippen LogP contribution < -0.4 is 4.74 Å². The van der Waals surface area contributed by atoms with E-state index in [1.165, 1.54) is 0 Å². The Hall–Kier alpha value is -0.870. The highest BCUT2D eigenvalue weighted by atomic mass is 79.9. The number of thiazole rings is 1. The number of nitrogens with zero attached hydrogens (tertiary/aromatic N) is 1. The average molecular weight is 270 g/mol. The molecule has 1 aromatic carbocycles. The molecule has 2 nitrogen and oxygen atoms in total. The van der Waals surface area contributed by atoms with Crippen LogP contribution in [0.3, 0.4) is 0 Å². The molecule has 4 heteroatoms. The zero-order valence-electron chi connectivity index (χ0n) is 7.53. The summed E-state index contributed by atoms with van der Waals surface area (Å²) in [5.74, 6) is 0.871. The van der Waals surface area contributed by atoms with Gasteiger partial charge < -0.3 is 4.74 Å². The maximum Gasteiger partial charge on any atom is 0.120 e. The van der Waals surface area contributed by atoms with E-state index in [0.717, 1.165) is 21.0 Å². The lowest BCUT2D eigenvalue weighted by Gasteiger charge is -1.96. The van der Waals surface area contributed by atoms with Crippen LogP contribution in [-0.4, -0.2) is 12.1 Å². The molecule has 0 aliphatic rings. The Labute approximate surface area is 94.4 Å². The van der Waals surface area contributed by atoms with E-state index in [0.29, 0.717) is 0 Å². The Kier molecular flexibility index (Phi) is 2.84. The number of halogens is 1. The maximum atomic E-state index is 5.14. The van der Waals surface area contributed by atoms with Gasteiger partial charge in [0.2, 0.25) is 0 Å². The van der Waals surface area contributed by atoms with Crippen molar-refractivity contribution in [1.82, 2.24) is 4.98 Å². The molecule has 1 heterocycles. The zero-order valence-corrected chi connectivity index (χ0v) is 9.93. The van der Waals surface area contributed by atoms with Crippen molar-refractivity contribution in [3.05, 3.63) is 28.2 Å². The van der Waals surface area contributed by atoms with Gasteiger partial charge in [0.05, 0.1) is 17.3 Å². The third-order valence-electron chi connectivity index (χ3n) is 1.82. The molecule has 0 saturated heterocycles. The quantitative estimate of drug-likeness (QED) is 0.830. The number of ether oxygens (including phenoxy) is 1. The van der Waals surface area contributed by atoms with E-state index in [1.54, 1.807) is 18.4 Å². The first kappa shape index (κ1) is 9.68. The standard InChI is InChI=1S/C10H8BrNOS/c1-13-7-2-3-8-9(6-7)14-10(12-8)4-5-11/h2-6H,1H3/b5-4+. The molecule has 0 aliphatic carbocycles. The SMILES string of the molecule is COc1ccc2nc(/C=C/Br)sc2c1. The van der Waals surface area contributed by atoms with Gasteiger partial charge in [-0.05, 0) is 29.3 Å². The average Bonchev–Trinajstić information content (AvgIpc) is 2.59. The largest absolute Gasteiger partial charge is 0.497 e. The highest BCUT2D eigenvalue weighted by Crippen LogP contribution is 2.26. The maximum absolute atomic E-state index is 5.14. The van der Waals surface area contributed by atoms with Gasteiger partial charge in [0, 0.05) is 0 Å². The lowest BCUT2D eigenvalue weighted by Crippen LogP contribution is -1.80. The van der Waals surface area contributed by atoms with Crippen molar-refractivity contribution in [2.75, 3.05) is 7.11 Å². The molecule has 0 fully saturated rings. The van der Waals surface area contributed by atoms with Crippen LogP contribution >= 0.6 is 27.3 Å². The van der Waals surface area contributed by atoms with Crippen molar-refractivity contribution in [2.45, 2.75) is 0 Å². The van der Waals surface area contributed by atoms with Crippen molar-refractivity contribution in [2.24, 2.45) is 0 Å². The summed E-state index contributed by atoms with van der Waals surface area (Å²) in [7, 11) is 1.67. The summed E-state index contributed by atoms with van der Waals surface area (Å²) in [6, 6.07) is 5.89. The predicted molar refractivity (Wildman–Crippen MR) is 64.1 cm³/mol. The Morgan fingerprint density at radius 3 is 3.07 bits per heavy atom. The van der Waals surface area contributed by atoms with Crippen molar-refractivity contribution >= 4 is 43.6 Å². The van der Waals surface area contributed by atoms with Gasteiger partial charge in [-0.25, -0.2) is 4.98 Å². The van der Waals surface area contributed by atoms with Crippen LogP contribution in [0, 0.1) is 0 Å². The highest BCUT2D eigenvalue weighted by Gasteiger charge is 2.02. The van der Waals surface area contributed by atoms with E-state index in [4.69, 9.17) is 4.74 Å². The van der Waals surface area contributed by atoms with E-state index in [9.17, 15) is 0 Å². The summed E-state index contributed by atoms with van der Waals surface area (Å²) in [5, 5.41) is 0.991. The molecule has 0 N–H and O–H groups in total. The Morgan fingerprint density at radius 1 is 1.50 bits per heavy atom. The van der Waals surface area contributed by atoms with Crippen LogP contribution in [0.2, 0.25) is 0 Å². The summed E-state index contributed by atoms with van der Waals surface area (Å²) >= 11 is 4.88. The van der Waals surface area contributed by atoms with E-state index < -0.39 is 0 Å². The molecule has 0 atom stereocenters. The molecule has 2 aromatic rings. The minimum absolute atomic E-state index is 0.871. The molecule has 0 radical (unpaired) electrons. The van der Waals surface area contributed by atoms with Crippen LogP contribution in [-0.2, 0) is 0 Å². The second-order valence-corrected chi connectivity index (χ2v) is 4.27. The van der Waals surface area contributed by atoms with Crippen LogP contribution in [0.25, 0.3) is 16.3 Å². The first-order valence-corrected chi connectivity index (χ1v) is 5.78. The topological polar surface area (TPSA) is 22.1 Å². The van der Waals surface area contributed by atoms with Gasteiger partial charge in [-0.1, -0.05) is 15.9 Å². The summed E-state index contributed by atoms with van der Waals surface area (Å²) in [5.41, 5.74) is 1.01.